The maximum absolute atomic E-state index is 12.1. The highest BCUT2D eigenvalue weighted by atomic mass is 35.5. The highest BCUT2D eigenvalue weighted by Gasteiger charge is 2.14. The van der Waals surface area contributed by atoms with Crippen molar-refractivity contribution in [2.45, 2.75) is 11.4 Å². The first-order valence-corrected chi connectivity index (χ1v) is 9.74. The van der Waals surface area contributed by atoms with Crippen molar-refractivity contribution in [1.29, 1.82) is 0 Å². The number of hydrogen-bond acceptors (Lipinski definition) is 3. The minimum atomic E-state index is -0.00787. The van der Waals surface area contributed by atoms with Crippen molar-refractivity contribution >= 4 is 35.0 Å². The highest BCUT2D eigenvalue weighted by Crippen LogP contribution is 2.20. The van der Waals surface area contributed by atoms with Gasteiger partial charge in [0.25, 0.3) is 0 Å². The Morgan fingerprint density at radius 2 is 1.76 bits per heavy atom. The number of anilines is 1. The molecule has 1 saturated heterocycles. The van der Waals surface area contributed by atoms with Crippen LogP contribution in [0.5, 0.6) is 0 Å². The summed E-state index contributed by atoms with van der Waals surface area (Å²) >= 11 is 7.36. The van der Waals surface area contributed by atoms with Crippen molar-refractivity contribution in [2.24, 2.45) is 0 Å². The van der Waals surface area contributed by atoms with Crippen LogP contribution in [0.1, 0.15) is 5.56 Å². The second kappa shape index (κ2) is 9.25. The predicted molar refractivity (Wildman–Crippen MR) is 102 cm³/mol. The molecule has 0 atom stereocenters. The molecule has 3 rings (SSSR count). The van der Waals surface area contributed by atoms with E-state index in [0.717, 1.165) is 43.4 Å². The van der Waals surface area contributed by atoms with Crippen LogP contribution in [0.4, 0.5) is 5.69 Å². The van der Waals surface area contributed by atoms with E-state index in [1.54, 1.807) is 4.90 Å². The molecule has 1 fully saturated rings. The molecule has 0 unspecified atom stereocenters. The van der Waals surface area contributed by atoms with Gasteiger partial charge in [-0.05, 0) is 36.4 Å². The van der Waals surface area contributed by atoms with Gasteiger partial charge in [-0.2, -0.15) is 0 Å². The van der Waals surface area contributed by atoms with Gasteiger partial charge in [0, 0.05) is 21.2 Å². The largest absolute Gasteiger partial charge is 0.370 e. The van der Waals surface area contributed by atoms with E-state index in [1.165, 1.54) is 17.3 Å². The van der Waals surface area contributed by atoms with Crippen molar-refractivity contribution < 1.29 is 14.4 Å². The first-order valence-electron chi connectivity index (χ1n) is 8.37. The van der Waals surface area contributed by atoms with Gasteiger partial charge in [0.05, 0.1) is 19.0 Å². The van der Waals surface area contributed by atoms with Gasteiger partial charge in [-0.3, -0.25) is 4.79 Å². The summed E-state index contributed by atoms with van der Waals surface area (Å²) in [6.45, 7) is 4.80. The van der Waals surface area contributed by atoms with Crippen LogP contribution in [0.2, 0.25) is 5.02 Å². The average Bonchev–Trinajstić information content (AvgIpc) is 2.64. The van der Waals surface area contributed by atoms with E-state index in [4.69, 9.17) is 16.3 Å². The van der Waals surface area contributed by atoms with Crippen molar-refractivity contribution in [3.63, 3.8) is 0 Å². The molecule has 2 N–H and O–H groups in total. The molecule has 0 saturated carbocycles. The van der Waals surface area contributed by atoms with Crippen LogP contribution in [0.3, 0.4) is 0 Å². The number of carbonyl (C=O) groups excluding carboxylic acids is 1. The van der Waals surface area contributed by atoms with Crippen LogP contribution in [0, 0.1) is 0 Å². The average molecular weight is 378 g/mol. The van der Waals surface area contributed by atoms with Crippen LogP contribution in [-0.2, 0) is 16.1 Å². The molecule has 0 bridgehead atoms. The Balaban J connectivity index is 1.45. The Hall–Kier alpha value is -1.53. The number of benzene rings is 2. The number of nitrogens with one attached hydrogen (secondary N) is 2. The zero-order chi connectivity index (χ0) is 17.5. The molecular weight excluding hydrogens is 356 g/mol. The van der Waals surface area contributed by atoms with Crippen LogP contribution in [0.25, 0.3) is 0 Å². The second-order valence-electron chi connectivity index (χ2n) is 6.03. The van der Waals surface area contributed by atoms with Gasteiger partial charge >= 0.3 is 0 Å². The van der Waals surface area contributed by atoms with E-state index < -0.39 is 0 Å². The van der Waals surface area contributed by atoms with E-state index in [-0.39, 0.29) is 5.91 Å². The zero-order valence-corrected chi connectivity index (χ0v) is 15.5. The molecule has 6 heteroatoms. The lowest BCUT2D eigenvalue weighted by molar-refractivity contribution is -0.921. The fraction of sp³-hybridized carbons (Fsp3) is 0.316. The SMILES string of the molecule is O=C(CSc1ccc(Cl)cc1)Nc1ccc(C[NH+]2CCOCC2)cc1. The number of carbonyl (C=O) groups is 1. The lowest BCUT2D eigenvalue weighted by Crippen LogP contribution is -3.12. The number of hydrogen-bond donors (Lipinski definition) is 2. The minimum Gasteiger partial charge on any atom is -0.370 e. The molecular formula is C19H22ClN2O2S+. The van der Waals surface area contributed by atoms with Gasteiger partial charge in [0.2, 0.25) is 5.91 Å². The third kappa shape index (κ3) is 6.04. The van der Waals surface area contributed by atoms with Gasteiger partial charge in [0.1, 0.15) is 19.6 Å². The van der Waals surface area contributed by atoms with Crippen molar-refractivity contribution in [1.82, 2.24) is 0 Å². The number of halogens is 1. The van der Waals surface area contributed by atoms with Crippen LogP contribution in [0.15, 0.2) is 53.4 Å². The standard InChI is InChI=1S/C19H21ClN2O2S/c20-16-3-7-18(8-4-16)25-14-19(23)21-17-5-1-15(2-6-17)13-22-9-11-24-12-10-22/h1-8H,9-14H2,(H,21,23)/p+1. The number of morpholine rings is 1. The smallest absolute Gasteiger partial charge is 0.234 e. The highest BCUT2D eigenvalue weighted by molar-refractivity contribution is 8.00. The molecule has 0 aromatic heterocycles. The van der Waals surface area contributed by atoms with Gasteiger partial charge in [-0.25, -0.2) is 0 Å². The Bertz CT molecular complexity index is 686. The molecule has 132 valence electrons. The molecule has 0 spiro atoms. The monoisotopic (exact) mass is 377 g/mol. The lowest BCUT2D eigenvalue weighted by atomic mass is 10.2. The lowest BCUT2D eigenvalue weighted by Gasteiger charge is -2.23. The molecule has 0 radical (unpaired) electrons. The van der Waals surface area contributed by atoms with Gasteiger partial charge in [0.15, 0.2) is 0 Å². The Morgan fingerprint density at radius 1 is 1.08 bits per heavy atom. The summed E-state index contributed by atoms with van der Waals surface area (Å²) in [5.74, 6) is 0.368. The fourth-order valence-electron chi connectivity index (χ4n) is 2.71. The van der Waals surface area contributed by atoms with Gasteiger partial charge in [-0.15, -0.1) is 11.8 Å². The Kier molecular flexibility index (Phi) is 6.76. The molecule has 2 aromatic carbocycles. The summed E-state index contributed by atoms with van der Waals surface area (Å²) in [4.78, 5) is 14.7. The normalized spacial score (nSPS) is 15.1. The van der Waals surface area contributed by atoms with Gasteiger partial charge < -0.3 is 15.0 Å². The summed E-state index contributed by atoms with van der Waals surface area (Å²) in [5, 5.41) is 3.64. The second-order valence-corrected chi connectivity index (χ2v) is 7.51. The number of amides is 1. The summed E-state index contributed by atoms with van der Waals surface area (Å²) < 4.78 is 5.38. The summed E-state index contributed by atoms with van der Waals surface area (Å²) in [6, 6.07) is 15.6. The summed E-state index contributed by atoms with van der Waals surface area (Å²) in [7, 11) is 0. The fourth-order valence-corrected chi connectivity index (χ4v) is 3.53. The van der Waals surface area contributed by atoms with E-state index in [1.807, 2.05) is 36.4 Å². The molecule has 25 heavy (non-hydrogen) atoms. The predicted octanol–water partition coefficient (Wildman–Crippen LogP) is 2.49. The summed E-state index contributed by atoms with van der Waals surface area (Å²) in [6.07, 6.45) is 0. The summed E-state index contributed by atoms with van der Waals surface area (Å²) in [5.41, 5.74) is 2.12. The van der Waals surface area contributed by atoms with Crippen molar-refractivity contribution in [3.8, 4) is 0 Å². The van der Waals surface area contributed by atoms with Gasteiger partial charge in [-0.1, -0.05) is 23.7 Å². The molecule has 2 aromatic rings. The molecule has 1 amide bonds. The van der Waals surface area contributed by atoms with Crippen LogP contribution < -0.4 is 10.2 Å². The molecule has 1 aliphatic heterocycles. The van der Waals surface area contributed by atoms with E-state index in [2.05, 4.69) is 17.4 Å². The quantitative estimate of drug-likeness (QED) is 0.760. The minimum absolute atomic E-state index is 0.00787. The Morgan fingerprint density at radius 3 is 2.44 bits per heavy atom. The third-order valence-electron chi connectivity index (χ3n) is 4.08. The number of ether oxygens (including phenoxy) is 1. The maximum atomic E-state index is 12.1. The van der Waals surface area contributed by atoms with Crippen molar-refractivity contribution in [2.75, 3.05) is 37.4 Å². The first-order chi connectivity index (χ1) is 12.2. The molecule has 0 aliphatic carbocycles. The third-order valence-corrected chi connectivity index (χ3v) is 5.34. The van der Waals surface area contributed by atoms with E-state index in [0.29, 0.717) is 10.8 Å². The van der Waals surface area contributed by atoms with Crippen molar-refractivity contribution in [3.05, 3.63) is 59.1 Å². The topological polar surface area (TPSA) is 42.8 Å². The first kappa shape index (κ1) is 18.3. The Labute approximate surface area is 157 Å². The molecule has 1 heterocycles. The zero-order valence-electron chi connectivity index (χ0n) is 14.0. The maximum Gasteiger partial charge on any atom is 0.234 e. The number of quaternary nitrogens is 1. The van der Waals surface area contributed by atoms with E-state index in [9.17, 15) is 4.79 Å². The number of rotatable bonds is 6. The van der Waals surface area contributed by atoms with E-state index >= 15 is 0 Å². The number of thioether (sulfide) groups is 1. The van der Waals surface area contributed by atoms with Crippen LogP contribution in [-0.4, -0.2) is 38.0 Å². The molecule has 4 nitrogen and oxygen atoms in total. The molecule has 1 aliphatic rings. The van der Waals surface area contributed by atoms with Crippen LogP contribution >= 0.6 is 23.4 Å².